The first kappa shape index (κ1) is 9.39. The van der Waals surface area contributed by atoms with Gasteiger partial charge in [-0.15, -0.1) is 0 Å². The van der Waals surface area contributed by atoms with Crippen LogP contribution in [0.2, 0.25) is 0 Å². The van der Waals surface area contributed by atoms with Crippen LogP contribution in [-0.2, 0) is 0 Å². The number of nitrogens with one attached hydrogen (secondary N) is 1. The number of hydrogen-bond acceptors (Lipinski definition) is 2. The van der Waals surface area contributed by atoms with Crippen molar-refractivity contribution < 1.29 is 0 Å². The summed E-state index contributed by atoms with van der Waals surface area (Å²) in [5, 5.41) is 3.03. The van der Waals surface area contributed by atoms with Crippen LogP contribution in [-0.4, -0.2) is 7.05 Å². The van der Waals surface area contributed by atoms with Crippen LogP contribution >= 0.6 is 0 Å². The van der Waals surface area contributed by atoms with Crippen LogP contribution in [0.15, 0.2) is 48.5 Å². The first-order valence-corrected chi connectivity index (χ1v) is 4.20. The highest BCUT2D eigenvalue weighted by Gasteiger charge is 1.86. The second kappa shape index (κ2) is 5.04. The van der Waals surface area contributed by atoms with E-state index in [-0.39, 0.29) is 0 Å². The Hall–Kier alpha value is -1.70. The Morgan fingerprint density at radius 2 is 1.46 bits per heavy atom. The highest BCUT2D eigenvalue weighted by atomic mass is 14.8. The van der Waals surface area contributed by atoms with E-state index in [0.717, 1.165) is 11.4 Å². The molecule has 0 aromatic heterocycles. The summed E-state index contributed by atoms with van der Waals surface area (Å²) in [6.45, 7) is 0. The van der Waals surface area contributed by atoms with Crippen molar-refractivity contribution in [2.24, 2.45) is 0 Å². The predicted molar refractivity (Wildman–Crippen MR) is 58.0 cm³/mol. The van der Waals surface area contributed by atoms with E-state index in [0.29, 0.717) is 0 Å². The van der Waals surface area contributed by atoms with Gasteiger partial charge in [0.05, 0.1) is 11.4 Å². The van der Waals surface area contributed by atoms with E-state index in [2.05, 4.69) is 5.32 Å². The minimum absolute atomic E-state index is 0.735. The lowest BCUT2D eigenvalue weighted by Gasteiger charge is -1.99. The van der Waals surface area contributed by atoms with E-state index in [9.17, 15) is 0 Å². The van der Waals surface area contributed by atoms with Gasteiger partial charge in [0, 0.05) is 7.05 Å². The Morgan fingerprint density at radius 1 is 0.923 bits per heavy atom. The van der Waals surface area contributed by atoms with Crippen molar-refractivity contribution in [2.75, 3.05) is 18.1 Å². The van der Waals surface area contributed by atoms with Crippen LogP contribution in [0, 0.1) is 0 Å². The molecule has 1 aromatic carbocycles. The number of nitrogens with two attached hydrogens (primary N) is 1. The molecule has 0 unspecified atom stereocenters. The maximum absolute atomic E-state index is 5.80. The average Bonchev–Trinajstić information content (AvgIpc) is 2.16. The zero-order chi connectivity index (χ0) is 9.52. The molecule has 0 fully saturated rings. The molecule has 13 heavy (non-hydrogen) atoms. The zero-order valence-electron chi connectivity index (χ0n) is 7.70. The molecule has 1 rings (SSSR count). The van der Waals surface area contributed by atoms with Crippen LogP contribution < -0.4 is 11.1 Å². The number of hydrogen-bond donors (Lipinski definition) is 2. The third kappa shape index (κ3) is 3.03. The summed E-state index contributed by atoms with van der Waals surface area (Å²) in [6, 6.07) is 15.5. The fraction of sp³-hybridized carbons (Fsp3) is 0.0909. The fourth-order valence-corrected chi connectivity index (χ4v) is 0.981. The molecule has 0 radical (unpaired) electrons. The molecule has 0 heterocycles. The third-order valence-electron chi connectivity index (χ3n) is 1.67. The van der Waals surface area contributed by atoms with Crippen LogP contribution in [0.3, 0.4) is 0 Å². The van der Waals surface area contributed by atoms with Gasteiger partial charge in [-0.2, -0.15) is 0 Å². The van der Waals surface area contributed by atoms with Crippen molar-refractivity contribution >= 4 is 11.4 Å². The van der Waals surface area contributed by atoms with Crippen molar-refractivity contribution in [3.8, 4) is 0 Å². The Balaban J connectivity index is 3.24. The van der Waals surface area contributed by atoms with Crippen LogP contribution in [0.5, 0.6) is 0 Å². The van der Waals surface area contributed by atoms with Gasteiger partial charge >= 0.3 is 0 Å². The zero-order valence-corrected chi connectivity index (χ0v) is 7.70. The number of nitrogen functional groups attached to an aromatic ring is 1. The van der Waals surface area contributed by atoms with Gasteiger partial charge in [-0.3, -0.25) is 0 Å². The highest BCUT2D eigenvalue weighted by molar-refractivity contribution is 5.63. The average molecular weight is 174 g/mol. The maximum Gasteiger partial charge on any atom is 0.0571 e. The van der Waals surface area contributed by atoms with Crippen molar-refractivity contribution in [3.05, 3.63) is 48.5 Å². The number of anilines is 2. The molecule has 0 atom stereocenters. The van der Waals surface area contributed by atoms with Gasteiger partial charge in [-0.25, -0.2) is 0 Å². The normalized spacial score (nSPS) is 8.69. The number of rotatable bonds is 1. The Kier molecular flexibility index (Phi) is 3.64. The lowest BCUT2D eigenvalue weighted by molar-refractivity contribution is 1.52. The van der Waals surface area contributed by atoms with Gasteiger partial charge in [-0.1, -0.05) is 36.4 Å². The molecule has 1 aromatic rings. The molecular formula is C11H14N2. The topological polar surface area (TPSA) is 38.0 Å². The molecule has 0 bridgehead atoms. The summed E-state index contributed by atoms with van der Waals surface area (Å²) in [5.74, 6) is 0. The summed E-state index contributed by atoms with van der Waals surface area (Å²) in [7, 11) is 1.85. The van der Waals surface area contributed by atoms with Gasteiger partial charge in [0.15, 0.2) is 0 Å². The second-order valence-electron chi connectivity index (χ2n) is 2.61. The quantitative estimate of drug-likeness (QED) is 0.686. The lowest BCUT2D eigenvalue weighted by atomic mass is 10.3. The minimum atomic E-state index is 0.735. The summed E-state index contributed by atoms with van der Waals surface area (Å²) in [4.78, 5) is 0. The largest absolute Gasteiger partial charge is 0.397 e. The Labute approximate surface area is 78.7 Å². The first-order valence-electron chi connectivity index (χ1n) is 4.20. The fourth-order valence-electron chi connectivity index (χ4n) is 0.981. The van der Waals surface area contributed by atoms with E-state index in [1.165, 1.54) is 0 Å². The molecule has 0 aliphatic heterocycles. The summed E-state index contributed by atoms with van der Waals surface area (Å²) >= 11 is 0. The lowest BCUT2D eigenvalue weighted by Crippen LogP contribution is -1.92. The third-order valence-corrected chi connectivity index (χ3v) is 1.67. The van der Waals surface area contributed by atoms with Crippen molar-refractivity contribution in [3.63, 3.8) is 0 Å². The van der Waals surface area contributed by atoms with Gasteiger partial charge < -0.3 is 11.1 Å². The standard InChI is InChI=1S/C11H14N2/c1-13-11-9-7-5-3-2-4-6-8-10(11)12/h2-9,13H,12H2,1H3. The molecule has 2 heteroatoms. The molecule has 0 aliphatic carbocycles. The predicted octanol–water partition coefficient (Wildman–Crippen LogP) is 2.43. The molecule has 0 saturated heterocycles. The Morgan fingerprint density at radius 3 is 2.08 bits per heavy atom. The first-order chi connectivity index (χ1) is 6.34. The molecule has 3 N–H and O–H groups in total. The van der Waals surface area contributed by atoms with E-state index in [1.54, 1.807) is 0 Å². The molecule has 2 nitrogen and oxygen atoms in total. The van der Waals surface area contributed by atoms with E-state index in [4.69, 9.17) is 5.73 Å². The van der Waals surface area contributed by atoms with Gasteiger partial charge in [-0.05, 0) is 12.1 Å². The van der Waals surface area contributed by atoms with E-state index in [1.807, 2.05) is 55.6 Å². The van der Waals surface area contributed by atoms with Gasteiger partial charge in [0.2, 0.25) is 0 Å². The van der Waals surface area contributed by atoms with Crippen LogP contribution in [0.4, 0.5) is 11.4 Å². The molecule has 0 saturated carbocycles. The summed E-state index contributed by atoms with van der Waals surface area (Å²) in [5.41, 5.74) is 7.46. The summed E-state index contributed by atoms with van der Waals surface area (Å²) in [6.07, 6.45) is 0. The summed E-state index contributed by atoms with van der Waals surface area (Å²) < 4.78 is 0. The molecule has 0 amide bonds. The minimum Gasteiger partial charge on any atom is -0.397 e. The van der Waals surface area contributed by atoms with Crippen molar-refractivity contribution in [2.45, 2.75) is 0 Å². The van der Waals surface area contributed by atoms with E-state index >= 15 is 0 Å². The molecule has 0 aliphatic rings. The SMILES string of the molecule is CNc1ccccccccc1N. The van der Waals surface area contributed by atoms with Crippen molar-refractivity contribution in [1.29, 1.82) is 0 Å². The maximum atomic E-state index is 5.80. The van der Waals surface area contributed by atoms with Gasteiger partial charge in [0.25, 0.3) is 0 Å². The molecule has 0 spiro atoms. The second-order valence-corrected chi connectivity index (χ2v) is 2.61. The molecule has 68 valence electrons. The van der Waals surface area contributed by atoms with Gasteiger partial charge in [0.1, 0.15) is 0 Å². The highest BCUT2D eigenvalue weighted by Crippen LogP contribution is 2.12. The van der Waals surface area contributed by atoms with Crippen molar-refractivity contribution in [1.82, 2.24) is 0 Å². The smallest absolute Gasteiger partial charge is 0.0571 e. The Bertz CT molecular complexity index is 320. The van der Waals surface area contributed by atoms with E-state index < -0.39 is 0 Å². The van der Waals surface area contributed by atoms with Crippen LogP contribution in [0.1, 0.15) is 0 Å². The molecular weight excluding hydrogens is 160 g/mol. The van der Waals surface area contributed by atoms with Crippen LogP contribution in [0.25, 0.3) is 0 Å². The monoisotopic (exact) mass is 174 g/mol.